The summed E-state index contributed by atoms with van der Waals surface area (Å²) in [5, 5.41) is 10.1. The van der Waals surface area contributed by atoms with E-state index >= 15 is 0 Å². The molecule has 0 amide bonds. The van der Waals surface area contributed by atoms with E-state index in [-0.39, 0.29) is 11.4 Å². The van der Waals surface area contributed by atoms with Crippen LogP contribution in [0.5, 0.6) is 11.5 Å². The van der Waals surface area contributed by atoms with Gasteiger partial charge in [0, 0.05) is 10.6 Å². The Morgan fingerprint density at radius 2 is 1.73 bits per heavy atom. The smallest absolute Gasteiger partial charge is 0.203 e. The van der Waals surface area contributed by atoms with Gasteiger partial charge in [0.15, 0.2) is 11.5 Å². The zero-order valence-corrected chi connectivity index (χ0v) is 17.2. The first-order chi connectivity index (χ1) is 14.6. The van der Waals surface area contributed by atoms with E-state index in [0.29, 0.717) is 40.9 Å². The van der Waals surface area contributed by atoms with Gasteiger partial charge in [-0.05, 0) is 48.4 Å². The summed E-state index contributed by atoms with van der Waals surface area (Å²) in [5.74, 6) is 0.806. The summed E-state index contributed by atoms with van der Waals surface area (Å²) in [7, 11) is 0. The second kappa shape index (κ2) is 10.3. The van der Waals surface area contributed by atoms with E-state index in [4.69, 9.17) is 21.1 Å². The van der Waals surface area contributed by atoms with Crippen LogP contribution in [0.4, 0.5) is 0 Å². The van der Waals surface area contributed by atoms with Gasteiger partial charge in [0.25, 0.3) is 0 Å². The van der Waals surface area contributed by atoms with E-state index in [1.165, 1.54) is 0 Å². The molecule has 0 heterocycles. The maximum absolute atomic E-state index is 12.6. The minimum atomic E-state index is -0.320. The molecule has 0 unspecified atom stereocenters. The molecule has 4 nitrogen and oxygen atoms in total. The molecule has 0 aliphatic rings. The minimum Gasteiger partial charge on any atom is -0.490 e. The third-order valence-electron chi connectivity index (χ3n) is 4.29. The van der Waals surface area contributed by atoms with Gasteiger partial charge in [-0.2, -0.15) is 5.26 Å². The highest BCUT2D eigenvalue weighted by Gasteiger charge is 2.13. The average molecular weight is 418 g/mol. The number of carbonyl (C=O) groups is 1. The molecule has 5 heteroatoms. The number of nitriles is 1. The summed E-state index contributed by atoms with van der Waals surface area (Å²) in [4.78, 5) is 12.6. The summed E-state index contributed by atoms with van der Waals surface area (Å²) in [6, 6.07) is 23.5. The summed E-state index contributed by atoms with van der Waals surface area (Å²) in [5.41, 5.74) is 2.18. The maximum Gasteiger partial charge on any atom is 0.203 e. The van der Waals surface area contributed by atoms with Crippen LogP contribution in [-0.2, 0) is 6.61 Å². The lowest BCUT2D eigenvalue weighted by Crippen LogP contribution is -2.02. The molecule has 0 fully saturated rings. The van der Waals surface area contributed by atoms with Crippen molar-refractivity contribution in [3.63, 3.8) is 0 Å². The highest BCUT2D eigenvalue weighted by atomic mass is 35.5. The van der Waals surface area contributed by atoms with Crippen LogP contribution in [0.25, 0.3) is 6.08 Å². The van der Waals surface area contributed by atoms with E-state index in [9.17, 15) is 10.1 Å². The van der Waals surface area contributed by atoms with Crippen molar-refractivity contribution in [3.8, 4) is 17.6 Å². The van der Waals surface area contributed by atoms with E-state index in [2.05, 4.69) is 0 Å². The molecule has 0 atom stereocenters. The standard InChI is InChI=1S/C25H20ClNO3/c1-2-29-24-15-19(14-21(16-27)25(28)20-6-4-3-5-7-20)10-13-23(24)30-17-18-8-11-22(26)12-9-18/h3-15H,2,17H2,1H3/b21-14+. The first kappa shape index (κ1) is 21.2. The summed E-state index contributed by atoms with van der Waals surface area (Å²) < 4.78 is 11.6. The van der Waals surface area contributed by atoms with Crippen LogP contribution in [0, 0.1) is 11.3 Å². The Bertz CT molecular complexity index is 1080. The van der Waals surface area contributed by atoms with Gasteiger partial charge < -0.3 is 9.47 Å². The van der Waals surface area contributed by atoms with Crippen LogP contribution in [0.2, 0.25) is 5.02 Å². The molecular weight excluding hydrogens is 398 g/mol. The molecule has 3 aromatic rings. The molecule has 0 aromatic heterocycles. The van der Waals surface area contributed by atoms with Gasteiger partial charge in [-0.3, -0.25) is 4.79 Å². The summed E-state index contributed by atoms with van der Waals surface area (Å²) in [6.07, 6.45) is 1.56. The average Bonchev–Trinajstić information content (AvgIpc) is 2.78. The van der Waals surface area contributed by atoms with E-state index in [0.717, 1.165) is 5.56 Å². The van der Waals surface area contributed by atoms with Gasteiger partial charge in [0.05, 0.1) is 6.61 Å². The van der Waals surface area contributed by atoms with Crippen LogP contribution in [0.15, 0.2) is 78.4 Å². The Hall–Kier alpha value is -3.55. The van der Waals surface area contributed by atoms with E-state index < -0.39 is 0 Å². The molecule has 0 spiro atoms. The van der Waals surface area contributed by atoms with Crippen molar-refractivity contribution in [1.82, 2.24) is 0 Å². The third-order valence-corrected chi connectivity index (χ3v) is 4.54. The molecule has 0 N–H and O–H groups in total. The fourth-order valence-electron chi connectivity index (χ4n) is 2.80. The van der Waals surface area contributed by atoms with Gasteiger partial charge in [0.1, 0.15) is 18.2 Å². The predicted octanol–water partition coefficient (Wildman–Crippen LogP) is 6.11. The topological polar surface area (TPSA) is 59.3 Å². The molecule has 150 valence electrons. The Kier molecular flexibility index (Phi) is 7.26. The number of halogens is 1. The predicted molar refractivity (Wildman–Crippen MR) is 118 cm³/mol. The van der Waals surface area contributed by atoms with Crippen molar-refractivity contribution in [3.05, 3.63) is 100 Å². The lowest BCUT2D eigenvalue weighted by atomic mass is 10.0. The second-order valence-electron chi connectivity index (χ2n) is 6.42. The SMILES string of the molecule is CCOc1cc(/C=C(\C#N)C(=O)c2ccccc2)ccc1OCc1ccc(Cl)cc1. The Labute approximate surface area is 180 Å². The fraction of sp³-hybridized carbons (Fsp3) is 0.120. The van der Waals surface area contributed by atoms with Gasteiger partial charge in [0.2, 0.25) is 5.78 Å². The molecule has 0 saturated heterocycles. The van der Waals surface area contributed by atoms with Gasteiger partial charge >= 0.3 is 0 Å². The van der Waals surface area contributed by atoms with Crippen LogP contribution in [0.3, 0.4) is 0 Å². The van der Waals surface area contributed by atoms with E-state index in [1.807, 2.05) is 43.3 Å². The summed E-state index contributed by atoms with van der Waals surface area (Å²) >= 11 is 5.91. The molecule has 30 heavy (non-hydrogen) atoms. The van der Waals surface area contributed by atoms with Crippen molar-refractivity contribution in [1.29, 1.82) is 5.26 Å². The van der Waals surface area contributed by atoms with Crippen molar-refractivity contribution in [2.75, 3.05) is 6.61 Å². The monoisotopic (exact) mass is 417 g/mol. The Morgan fingerprint density at radius 3 is 2.40 bits per heavy atom. The van der Waals surface area contributed by atoms with E-state index in [1.54, 1.807) is 48.5 Å². The van der Waals surface area contributed by atoms with Gasteiger partial charge in [-0.15, -0.1) is 0 Å². The van der Waals surface area contributed by atoms with Crippen LogP contribution in [-0.4, -0.2) is 12.4 Å². The lowest BCUT2D eigenvalue weighted by molar-refractivity contribution is 0.104. The number of benzene rings is 3. The zero-order chi connectivity index (χ0) is 21.3. The van der Waals surface area contributed by atoms with Crippen LogP contribution < -0.4 is 9.47 Å². The largest absolute Gasteiger partial charge is 0.490 e. The highest BCUT2D eigenvalue weighted by molar-refractivity contribution is 6.30. The second-order valence-corrected chi connectivity index (χ2v) is 6.86. The number of rotatable bonds is 8. The van der Waals surface area contributed by atoms with Crippen molar-refractivity contribution in [2.45, 2.75) is 13.5 Å². The number of ether oxygens (including phenoxy) is 2. The highest BCUT2D eigenvalue weighted by Crippen LogP contribution is 2.30. The van der Waals surface area contributed by atoms with Crippen LogP contribution in [0.1, 0.15) is 28.4 Å². The lowest BCUT2D eigenvalue weighted by Gasteiger charge is -2.13. The zero-order valence-electron chi connectivity index (χ0n) is 16.5. The van der Waals surface area contributed by atoms with Crippen molar-refractivity contribution < 1.29 is 14.3 Å². The van der Waals surface area contributed by atoms with Crippen molar-refractivity contribution >= 4 is 23.5 Å². The Morgan fingerprint density at radius 1 is 1.00 bits per heavy atom. The molecule has 0 aliphatic heterocycles. The number of ketones is 1. The fourth-order valence-corrected chi connectivity index (χ4v) is 2.93. The Balaban J connectivity index is 1.82. The number of allylic oxidation sites excluding steroid dienone is 1. The summed E-state index contributed by atoms with van der Waals surface area (Å²) in [6.45, 7) is 2.70. The molecule has 3 aromatic carbocycles. The number of carbonyl (C=O) groups excluding carboxylic acids is 1. The first-order valence-corrected chi connectivity index (χ1v) is 9.84. The molecular formula is C25H20ClNO3. The number of hydrogen-bond donors (Lipinski definition) is 0. The normalized spacial score (nSPS) is 10.9. The molecule has 0 aliphatic carbocycles. The minimum absolute atomic E-state index is 0.0541. The van der Waals surface area contributed by atoms with Crippen molar-refractivity contribution in [2.24, 2.45) is 0 Å². The molecule has 0 radical (unpaired) electrons. The number of nitrogens with zero attached hydrogens (tertiary/aromatic N) is 1. The first-order valence-electron chi connectivity index (χ1n) is 9.46. The molecule has 0 bridgehead atoms. The maximum atomic E-state index is 12.6. The van der Waals surface area contributed by atoms with Crippen LogP contribution >= 0.6 is 11.6 Å². The molecule has 0 saturated carbocycles. The quantitative estimate of drug-likeness (QED) is 0.252. The number of hydrogen-bond acceptors (Lipinski definition) is 4. The third kappa shape index (κ3) is 5.50. The van der Waals surface area contributed by atoms with Gasteiger partial charge in [-0.25, -0.2) is 0 Å². The number of Topliss-reactive ketones (excluding diaryl/α,β-unsaturated/α-hetero) is 1. The molecule has 3 rings (SSSR count). The van der Waals surface area contributed by atoms with Gasteiger partial charge in [-0.1, -0.05) is 60.1 Å².